The smallest absolute Gasteiger partial charge is 0.422 e. The number of rotatable bonds is 6. The molecule has 0 spiro atoms. The summed E-state index contributed by atoms with van der Waals surface area (Å²) in [6.07, 6.45) is 1.45. The number of nitrogens with one attached hydrogen (secondary N) is 1. The Morgan fingerprint density at radius 2 is 1.95 bits per heavy atom. The van der Waals surface area contributed by atoms with Gasteiger partial charge in [0.15, 0.2) is 6.61 Å². The summed E-state index contributed by atoms with van der Waals surface area (Å²) in [7, 11) is 2.05. The molecule has 0 bridgehead atoms. The average Bonchev–Trinajstić information content (AvgIpc) is 2.41. The summed E-state index contributed by atoms with van der Waals surface area (Å²) >= 11 is 0. The fourth-order valence-electron chi connectivity index (χ4n) is 2.42. The van der Waals surface area contributed by atoms with Gasteiger partial charge in [-0.1, -0.05) is 19.3 Å². The highest BCUT2D eigenvalue weighted by Gasteiger charge is 2.29. The molecule has 1 rings (SSSR count). The van der Waals surface area contributed by atoms with Gasteiger partial charge in [-0.2, -0.15) is 13.2 Å². The van der Waals surface area contributed by atoms with E-state index in [9.17, 15) is 18.0 Å². The van der Waals surface area contributed by atoms with Crippen molar-refractivity contribution in [2.75, 3.05) is 26.7 Å². The van der Waals surface area contributed by atoms with E-state index in [0.717, 1.165) is 6.54 Å². The number of carbonyl (C=O) groups excluding carboxylic acids is 1. The second-order valence-corrected chi connectivity index (χ2v) is 5.24. The monoisotopic (exact) mass is 296 g/mol. The molecular weight excluding hydrogens is 273 g/mol. The van der Waals surface area contributed by atoms with Gasteiger partial charge in [-0.3, -0.25) is 0 Å². The van der Waals surface area contributed by atoms with E-state index < -0.39 is 18.9 Å². The second kappa shape index (κ2) is 8.34. The van der Waals surface area contributed by atoms with Crippen LogP contribution >= 0.6 is 0 Å². The maximum atomic E-state index is 11.8. The SMILES string of the molecule is CN(CCCNC(=O)OCC(F)(F)F)C1CCCCC1. The molecule has 1 saturated carbocycles. The second-order valence-electron chi connectivity index (χ2n) is 5.24. The first kappa shape index (κ1) is 17.1. The summed E-state index contributed by atoms with van der Waals surface area (Å²) in [5, 5.41) is 2.33. The molecule has 0 aromatic rings. The molecule has 0 aromatic heterocycles. The molecule has 20 heavy (non-hydrogen) atoms. The van der Waals surface area contributed by atoms with Crippen molar-refractivity contribution in [3.8, 4) is 0 Å². The molecule has 1 N–H and O–H groups in total. The van der Waals surface area contributed by atoms with E-state index >= 15 is 0 Å². The van der Waals surface area contributed by atoms with Crippen molar-refractivity contribution in [3.05, 3.63) is 0 Å². The molecule has 0 unspecified atom stereocenters. The van der Waals surface area contributed by atoms with Crippen molar-refractivity contribution in [3.63, 3.8) is 0 Å². The van der Waals surface area contributed by atoms with Crippen LogP contribution in [0.3, 0.4) is 0 Å². The number of amides is 1. The lowest BCUT2D eigenvalue weighted by Crippen LogP contribution is -2.36. The van der Waals surface area contributed by atoms with E-state index in [1.54, 1.807) is 0 Å². The third-order valence-corrected chi connectivity index (χ3v) is 3.52. The van der Waals surface area contributed by atoms with Crippen molar-refractivity contribution >= 4 is 6.09 Å². The maximum Gasteiger partial charge on any atom is 0.422 e. The van der Waals surface area contributed by atoms with Gasteiger partial charge in [-0.25, -0.2) is 4.79 Å². The van der Waals surface area contributed by atoms with Crippen molar-refractivity contribution in [1.29, 1.82) is 0 Å². The van der Waals surface area contributed by atoms with Crippen molar-refractivity contribution < 1.29 is 22.7 Å². The summed E-state index contributed by atoms with van der Waals surface area (Å²) in [6.45, 7) is -0.390. The lowest BCUT2D eigenvalue weighted by Gasteiger charge is -2.31. The van der Waals surface area contributed by atoms with Gasteiger partial charge < -0.3 is 15.0 Å². The van der Waals surface area contributed by atoms with E-state index in [1.165, 1.54) is 32.1 Å². The minimum Gasteiger partial charge on any atom is -0.440 e. The van der Waals surface area contributed by atoms with Crippen LogP contribution in [0.25, 0.3) is 0 Å². The molecule has 1 aliphatic carbocycles. The predicted molar refractivity (Wildman–Crippen MR) is 69.5 cm³/mol. The van der Waals surface area contributed by atoms with Gasteiger partial charge in [0.25, 0.3) is 0 Å². The largest absolute Gasteiger partial charge is 0.440 e. The topological polar surface area (TPSA) is 41.6 Å². The molecule has 1 fully saturated rings. The summed E-state index contributed by atoms with van der Waals surface area (Å²) in [4.78, 5) is 13.3. The van der Waals surface area contributed by atoms with Gasteiger partial charge in [0.1, 0.15) is 0 Å². The van der Waals surface area contributed by atoms with Crippen LogP contribution in [0.1, 0.15) is 38.5 Å². The molecule has 7 heteroatoms. The number of alkyl carbamates (subject to hydrolysis) is 1. The molecule has 0 atom stereocenters. The zero-order valence-corrected chi connectivity index (χ0v) is 11.8. The van der Waals surface area contributed by atoms with Crippen LogP contribution in [-0.4, -0.2) is 50.0 Å². The van der Waals surface area contributed by atoms with Crippen LogP contribution < -0.4 is 5.32 Å². The molecule has 0 heterocycles. The summed E-state index contributed by atoms with van der Waals surface area (Å²) in [6, 6.07) is 0.598. The Morgan fingerprint density at radius 3 is 2.55 bits per heavy atom. The zero-order valence-electron chi connectivity index (χ0n) is 11.8. The van der Waals surface area contributed by atoms with Crippen LogP contribution in [0.5, 0.6) is 0 Å². The molecule has 1 amide bonds. The van der Waals surface area contributed by atoms with Crippen LogP contribution in [0.4, 0.5) is 18.0 Å². The van der Waals surface area contributed by atoms with E-state index in [0.29, 0.717) is 19.0 Å². The molecular formula is C13H23F3N2O2. The van der Waals surface area contributed by atoms with Gasteiger partial charge in [0.05, 0.1) is 0 Å². The van der Waals surface area contributed by atoms with E-state index in [4.69, 9.17) is 0 Å². The van der Waals surface area contributed by atoms with E-state index in [2.05, 4.69) is 22.0 Å². The molecule has 0 saturated heterocycles. The van der Waals surface area contributed by atoms with Gasteiger partial charge in [-0.05, 0) is 32.9 Å². The van der Waals surface area contributed by atoms with E-state index in [1.807, 2.05) is 0 Å². The summed E-state index contributed by atoms with van der Waals surface area (Å²) < 4.78 is 39.5. The first-order valence-electron chi connectivity index (χ1n) is 7.06. The fourth-order valence-corrected chi connectivity index (χ4v) is 2.42. The normalized spacial score (nSPS) is 17.2. The minimum absolute atomic E-state index is 0.327. The quantitative estimate of drug-likeness (QED) is 0.766. The van der Waals surface area contributed by atoms with Crippen LogP contribution in [0.15, 0.2) is 0 Å². The van der Waals surface area contributed by atoms with Gasteiger partial charge >= 0.3 is 12.3 Å². The average molecular weight is 296 g/mol. The van der Waals surface area contributed by atoms with Gasteiger partial charge in [0.2, 0.25) is 0 Å². The highest BCUT2D eigenvalue weighted by atomic mass is 19.4. The molecule has 1 aliphatic rings. The van der Waals surface area contributed by atoms with Crippen LogP contribution in [0.2, 0.25) is 0 Å². The molecule has 4 nitrogen and oxygen atoms in total. The Morgan fingerprint density at radius 1 is 1.30 bits per heavy atom. The molecule has 0 aliphatic heterocycles. The Labute approximate surface area is 117 Å². The van der Waals surface area contributed by atoms with Gasteiger partial charge in [0, 0.05) is 12.6 Å². The highest BCUT2D eigenvalue weighted by Crippen LogP contribution is 2.21. The lowest BCUT2D eigenvalue weighted by atomic mass is 9.94. The van der Waals surface area contributed by atoms with Crippen LogP contribution in [-0.2, 0) is 4.74 Å². The Balaban J connectivity index is 2.04. The van der Waals surface area contributed by atoms with Crippen molar-refractivity contribution in [2.24, 2.45) is 0 Å². The number of halogens is 3. The maximum absolute atomic E-state index is 11.8. The Bertz CT molecular complexity index is 292. The Kier molecular flexibility index (Phi) is 7.12. The van der Waals surface area contributed by atoms with E-state index in [-0.39, 0.29) is 0 Å². The third-order valence-electron chi connectivity index (χ3n) is 3.52. The Hall–Kier alpha value is -0.980. The number of ether oxygens (including phenoxy) is 1. The summed E-state index contributed by atoms with van der Waals surface area (Å²) in [5.74, 6) is 0. The third kappa shape index (κ3) is 7.57. The summed E-state index contributed by atoms with van der Waals surface area (Å²) in [5.41, 5.74) is 0. The first-order valence-corrected chi connectivity index (χ1v) is 7.06. The fraction of sp³-hybridized carbons (Fsp3) is 0.923. The molecule has 0 radical (unpaired) electrons. The number of nitrogens with zero attached hydrogens (tertiary/aromatic N) is 1. The predicted octanol–water partition coefficient (Wildman–Crippen LogP) is 2.93. The minimum atomic E-state index is -4.47. The number of hydrogen-bond donors (Lipinski definition) is 1. The lowest BCUT2D eigenvalue weighted by molar-refractivity contribution is -0.160. The van der Waals surface area contributed by atoms with Gasteiger partial charge in [-0.15, -0.1) is 0 Å². The molecule has 0 aromatic carbocycles. The number of hydrogen-bond acceptors (Lipinski definition) is 3. The highest BCUT2D eigenvalue weighted by molar-refractivity contribution is 5.67. The zero-order chi connectivity index (χ0) is 15.0. The first-order chi connectivity index (χ1) is 9.38. The standard InChI is InChI=1S/C13H23F3N2O2/c1-18(11-6-3-2-4-7-11)9-5-8-17-12(19)20-10-13(14,15)16/h11H,2-10H2,1H3,(H,17,19). The number of carbonyl (C=O) groups is 1. The van der Waals surface area contributed by atoms with Crippen molar-refractivity contribution in [2.45, 2.75) is 50.7 Å². The number of alkyl halides is 3. The van der Waals surface area contributed by atoms with Crippen molar-refractivity contribution in [1.82, 2.24) is 10.2 Å². The molecule has 118 valence electrons. The van der Waals surface area contributed by atoms with Crippen LogP contribution in [0, 0.1) is 0 Å².